The van der Waals surface area contributed by atoms with Crippen LogP contribution in [0.5, 0.6) is 5.75 Å². The number of ether oxygens (including phenoxy) is 1. The number of para-hydroxylation sites is 1. The number of sulfonamides is 1. The van der Waals surface area contributed by atoms with Gasteiger partial charge in [0.1, 0.15) is 17.3 Å². The van der Waals surface area contributed by atoms with E-state index >= 15 is 0 Å². The molecule has 0 atom stereocenters. The van der Waals surface area contributed by atoms with Crippen molar-refractivity contribution in [3.8, 4) is 33.8 Å². The third kappa shape index (κ3) is 6.34. The van der Waals surface area contributed by atoms with Gasteiger partial charge in [0.25, 0.3) is 0 Å². The first-order chi connectivity index (χ1) is 19.0. The van der Waals surface area contributed by atoms with Crippen molar-refractivity contribution in [1.82, 2.24) is 19.5 Å². The summed E-state index contributed by atoms with van der Waals surface area (Å²) in [5, 5.41) is 8.23. The van der Waals surface area contributed by atoms with Crippen LogP contribution in [0.15, 0.2) is 114 Å². The van der Waals surface area contributed by atoms with Gasteiger partial charge in [-0.3, -0.25) is 0 Å². The van der Waals surface area contributed by atoms with Crippen LogP contribution in [0.4, 0.5) is 5.82 Å². The van der Waals surface area contributed by atoms with Crippen molar-refractivity contribution in [2.45, 2.75) is 11.3 Å². The zero-order valence-electron chi connectivity index (χ0n) is 21.5. The number of pyridine rings is 1. The molecule has 2 aromatic heterocycles. The maximum atomic E-state index is 12.4. The van der Waals surface area contributed by atoms with E-state index in [1.807, 2.05) is 77.6 Å². The Labute approximate surface area is 228 Å². The highest BCUT2D eigenvalue weighted by Crippen LogP contribution is 2.34. The first-order valence-corrected chi connectivity index (χ1v) is 14.1. The molecule has 8 nitrogen and oxygen atoms in total. The van der Waals surface area contributed by atoms with E-state index in [0.29, 0.717) is 25.3 Å². The van der Waals surface area contributed by atoms with E-state index in [9.17, 15) is 8.42 Å². The highest BCUT2D eigenvalue weighted by molar-refractivity contribution is 7.89. The number of methoxy groups -OCH3 is 1. The molecule has 2 N–H and O–H groups in total. The molecule has 2 heterocycles. The molecule has 198 valence electrons. The fraction of sp³-hybridized carbons (Fsp3) is 0.133. The van der Waals surface area contributed by atoms with E-state index in [-0.39, 0.29) is 4.90 Å². The number of rotatable bonds is 11. The zero-order valence-corrected chi connectivity index (χ0v) is 22.3. The van der Waals surface area contributed by atoms with Crippen molar-refractivity contribution < 1.29 is 13.2 Å². The minimum atomic E-state index is -3.52. The fourth-order valence-corrected chi connectivity index (χ4v) is 5.27. The van der Waals surface area contributed by atoms with Gasteiger partial charge in [0, 0.05) is 36.6 Å². The van der Waals surface area contributed by atoms with Crippen LogP contribution in [0, 0.1) is 0 Å². The van der Waals surface area contributed by atoms with Gasteiger partial charge in [-0.15, -0.1) is 0 Å². The van der Waals surface area contributed by atoms with E-state index in [1.165, 1.54) is 0 Å². The third-order valence-electron chi connectivity index (χ3n) is 6.15. The predicted molar refractivity (Wildman–Crippen MR) is 154 cm³/mol. The second kappa shape index (κ2) is 11.9. The maximum Gasteiger partial charge on any atom is 0.240 e. The van der Waals surface area contributed by atoms with Crippen molar-refractivity contribution in [3.05, 3.63) is 109 Å². The van der Waals surface area contributed by atoms with Crippen LogP contribution in [-0.4, -0.2) is 43.4 Å². The summed E-state index contributed by atoms with van der Waals surface area (Å²) in [6, 6.07) is 30.1. The Hall–Kier alpha value is -4.47. The van der Waals surface area contributed by atoms with Crippen LogP contribution in [0.1, 0.15) is 6.42 Å². The van der Waals surface area contributed by atoms with Gasteiger partial charge in [-0.2, -0.15) is 5.10 Å². The fourth-order valence-electron chi connectivity index (χ4n) is 4.17. The topological polar surface area (TPSA) is 98.1 Å². The summed E-state index contributed by atoms with van der Waals surface area (Å²) in [4.78, 5) is 4.72. The largest absolute Gasteiger partial charge is 0.497 e. The maximum absolute atomic E-state index is 12.4. The molecule has 0 spiro atoms. The van der Waals surface area contributed by atoms with Crippen LogP contribution in [0.2, 0.25) is 0 Å². The molecule has 0 aliphatic carbocycles. The Kier molecular flexibility index (Phi) is 8.00. The molecule has 3 aromatic carbocycles. The summed E-state index contributed by atoms with van der Waals surface area (Å²) in [5.41, 5.74) is 4.63. The van der Waals surface area contributed by atoms with Crippen molar-refractivity contribution in [3.63, 3.8) is 0 Å². The number of hydrogen-bond acceptors (Lipinski definition) is 6. The molecule has 5 rings (SSSR count). The van der Waals surface area contributed by atoms with Crippen molar-refractivity contribution in [2.24, 2.45) is 0 Å². The average molecular weight is 540 g/mol. The Morgan fingerprint density at radius 1 is 0.846 bits per heavy atom. The molecule has 9 heteroatoms. The third-order valence-corrected chi connectivity index (χ3v) is 7.63. The van der Waals surface area contributed by atoms with Crippen LogP contribution < -0.4 is 14.8 Å². The first kappa shape index (κ1) is 26.1. The summed E-state index contributed by atoms with van der Waals surface area (Å²) >= 11 is 0. The van der Waals surface area contributed by atoms with E-state index in [0.717, 1.165) is 33.8 Å². The van der Waals surface area contributed by atoms with Gasteiger partial charge in [-0.1, -0.05) is 48.5 Å². The summed E-state index contributed by atoms with van der Waals surface area (Å²) < 4.78 is 34.8. The van der Waals surface area contributed by atoms with Gasteiger partial charge < -0.3 is 10.1 Å². The zero-order chi connectivity index (χ0) is 27.1. The smallest absolute Gasteiger partial charge is 0.240 e. The van der Waals surface area contributed by atoms with Gasteiger partial charge in [0.05, 0.1) is 17.7 Å². The highest BCUT2D eigenvalue weighted by Gasteiger charge is 2.16. The molecule has 0 saturated carbocycles. The second-order valence-corrected chi connectivity index (χ2v) is 10.6. The second-order valence-electron chi connectivity index (χ2n) is 8.82. The molecule has 0 bridgehead atoms. The van der Waals surface area contributed by atoms with Crippen molar-refractivity contribution >= 4 is 15.8 Å². The number of benzene rings is 3. The number of nitrogens with one attached hydrogen (secondary N) is 2. The van der Waals surface area contributed by atoms with Crippen molar-refractivity contribution in [2.75, 3.05) is 25.5 Å². The number of aromatic nitrogens is 3. The minimum absolute atomic E-state index is 0.259. The molecule has 0 aliphatic rings. The van der Waals surface area contributed by atoms with Gasteiger partial charge in [-0.05, 0) is 60.5 Å². The van der Waals surface area contributed by atoms with Gasteiger partial charge in [-0.25, -0.2) is 22.8 Å². The molecule has 5 aromatic rings. The van der Waals surface area contributed by atoms with Gasteiger partial charge in [0.15, 0.2) is 0 Å². The van der Waals surface area contributed by atoms with Crippen molar-refractivity contribution in [1.29, 1.82) is 0 Å². The Balaban J connectivity index is 1.33. The number of hydrogen-bond donors (Lipinski definition) is 2. The Morgan fingerprint density at radius 3 is 2.38 bits per heavy atom. The minimum Gasteiger partial charge on any atom is -0.497 e. The molecule has 0 amide bonds. The SMILES string of the molecule is COc1cccc(-c2nn(-c3ccccc3)cc2-c2ccnc(NCCCNS(=O)(=O)c3ccccc3)c2)c1. The van der Waals surface area contributed by atoms with E-state index in [4.69, 9.17) is 9.84 Å². The molecule has 0 fully saturated rings. The summed E-state index contributed by atoms with van der Waals surface area (Å²) in [6.07, 6.45) is 4.37. The molecule has 0 aliphatic heterocycles. The lowest BCUT2D eigenvalue weighted by molar-refractivity contribution is 0.415. The van der Waals surface area contributed by atoms with E-state index < -0.39 is 10.0 Å². The lowest BCUT2D eigenvalue weighted by Crippen LogP contribution is -2.26. The molecule has 0 saturated heterocycles. The Morgan fingerprint density at radius 2 is 1.62 bits per heavy atom. The molecule has 0 radical (unpaired) electrons. The van der Waals surface area contributed by atoms with Crippen LogP contribution in [0.25, 0.3) is 28.1 Å². The predicted octanol–water partition coefficient (Wildman–Crippen LogP) is 5.39. The van der Waals surface area contributed by atoms with Gasteiger partial charge in [0.2, 0.25) is 10.0 Å². The average Bonchev–Trinajstić information content (AvgIpc) is 3.44. The monoisotopic (exact) mass is 539 g/mol. The molecular formula is C30H29N5O3S. The quantitative estimate of drug-likeness (QED) is 0.219. The number of nitrogens with zero attached hydrogens (tertiary/aromatic N) is 3. The molecule has 0 unspecified atom stereocenters. The summed E-state index contributed by atoms with van der Waals surface area (Å²) in [7, 11) is -1.87. The summed E-state index contributed by atoms with van der Waals surface area (Å²) in [5.74, 6) is 1.45. The lowest BCUT2D eigenvalue weighted by Gasteiger charge is -2.09. The van der Waals surface area contributed by atoms with E-state index in [1.54, 1.807) is 43.6 Å². The molecular weight excluding hydrogens is 510 g/mol. The number of anilines is 1. The van der Waals surface area contributed by atoms with Crippen LogP contribution in [-0.2, 0) is 10.0 Å². The highest BCUT2D eigenvalue weighted by atomic mass is 32.2. The lowest BCUT2D eigenvalue weighted by atomic mass is 10.0. The van der Waals surface area contributed by atoms with Crippen LogP contribution in [0.3, 0.4) is 0 Å². The summed E-state index contributed by atoms with van der Waals surface area (Å²) in [6.45, 7) is 0.869. The molecule has 39 heavy (non-hydrogen) atoms. The first-order valence-electron chi connectivity index (χ1n) is 12.6. The Bertz CT molecular complexity index is 1640. The normalized spacial score (nSPS) is 11.3. The van der Waals surface area contributed by atoms with E-state index in [2.05, 4.69) is 15.0 Å². The standard InChI is InChI=1S/C30H29N5O3S/c1-38-26-13-8-10-24(20-26)30-28(22-35(34-30)25-11-4-2-5-12-25)23-16-19-32-29(21-23)31-17-9-18-33-39(36,37)27-14-6-3-7-15-27/h2-8,10-16,19-22,33H,9,17-18H2,1H3,(H,31,32). The van der Waals surface area contributed by atoms with Gasteiger partial charge >= 0.3 is 0 Å². The van der Waals surface area contributed by atoms with Crippen LogP contribution >= 0.6 is 0 Å².